The molecular formula is C17H22N4OS. The number of fused-ring (bicyclic) bond motifs is 1. The molecule has 0 spiro atoms. The minimum atomic E-state index is 0.314. The summed E-state index contributed by atoms with van der Waals surface area (Å²) in [5.74, 6) is 2.55. The molecule has 0 unspecified atom stereocenters. The van der Waals surface area contributed by atoms with Crippen LogP contribution < -0.4 is 4.90 Å². The molecule has 2 fully saturated rings. The summed E-state index contributed by atoms with van der Waals surface area (Å²) in [5.41, 5.74) is 1.25. The molecule has 5 nitrogen and oxygen atoms in total. The minimum Gasteiger partial charge on any atom is -0.354 e. The molecule has 0 N–H and O–H groups in total. The number of amides is 1. The van der Waals surface area contributed by atoms with Gasteiger partial charge in [-0.1, -0.05) is 0 Å². The Hall–Kier alpha value is -1.69. The van der Waals surface area contributed by atoms with E-state index in [1.807, 2.05) is 6.92 Å². The number of nitrogens with zero attached hydrogens (tertiary/aromatic N) is 4. The normalized spacial score (nSPS) is 19.2. The van der Waals surface area contributed by atoms with Crippen molar-refractivity contribution in [3.63, 3.8) is 0 Å². The molecule has 2 aromatic heterocycles. The van der Waals surface area contributed by atoms with Crippen molar-refractivity contribution < 1.29 is 4.79 Å². The van der Waals surface area contributed by atoms with Gasteiger partial charge in [0.2, 0.25) is 5.91 Å². The summed E-state index contributed by atoms with van der Waals surface area (Å²) < 4.78 is 0. The number of hydrogen-bond donors (Lipinski definition) is 0. The molecule has 1 amide bonds. The quantitative estimate of drug-likeness (QED) is 0.849. The summed E-state index contributed by atoms with van der Waals surface area (Å²) in [6, 6.07) is 0. The molecule has 0 bridgehead atoms. The van der Waals surface area contributed by atoms with E-state index in [9.17, 15) is 4.79 Å². The van der Waals surface area contributed by atoms with Crippen LogP contribution >= 0.6 is 11.3 Å². The van der Waals surface area contributed by atoms with Crippen molar-refractivity contribution in [2.45, 2.75) is 33.1 Å². The van der Waals surface area contributed by atoms with E-state index in [1.54, 1.807) is 11.3 Å². The van der Waals surface area contributed by atoms with Crippen molar-refractivity contribution in [1.29, 1.82) is 0 Å². The third-order valence-electron chi connectivity index (χ3n) is 4.74. The van der Waals surface area contributed by atoms with Gasteiger partial charge in [-0.3, -0.25) is 4.79 Å². The van der Waals surface area contributed by atoms with Gasteiger partial charge in [0.25, 0.3) is 0 Å². The fourth-order valence-electron chi connectivity index (χ4n) is 3.33. The lowest BCUT2D eigenvalue weighted by molar-refractivity contribution is -0.132. The first kappa shape index (κ1) is 14.9. The van der Waals surface area contributed by atoms with Crippen molar-refractivity contribution in [3.8, 4) is 0 Å². The summed E-state index contributed by atoms with van der Waals surface area (Å²) in [7, 11) is 0. The van der Waals surface area contributed by atoms with Crippen molar-refractivity contribution in [3.05, 3.63) is 16.8 Å². The first-order chi connectivity index (χ1) is 11.1. The van der Waals surface area contributed by atoms with Crippen molar-refractivity contribution >= 4 is 33.3 Å². The van der Waals surface area contributed by atoms with Crippen LogP contribution in [0, 0.1) is 19.8 Å². The Balaban J connectivity index is 1.61. The first-order valence-electron chi connectivity index (χ1n) is 8.39. The number of aryl methyl sites for hydroxylation is 2. The zero-order valence-electron chi connectivity index (χ0n) is 13.7. The highest BCUT2D eigenvalue weighted by atomic mass is 32.1. The predicted octanol–water partition coefficient (Wildman–Crippen LogP) is 2.76. The van der Waals surface area contributed by atoms with Crippen molar-refractivity contribution in [2.75, 3.05) is 31.1 Å². The molecule has 1 aliphatic carbocycles. The van der Waals surface area contributed by atoms with E-state index >= 15 is 0 Å². The van der Waals surface area contributed by atoms with Gasteiger partial charge in [-0.15, -0.1) is 11.3 Å². The van der Waals surface area contributed by atoms with E-state index in [-0.39, 0.29) is 0 Å². The Morgan fingerprint density at radius 3 is 2.78 bits per heavy atom. The predicted molar refractivity (Wildman–Crippen MR) is 93.0 cm³/mol. The molecule has 23 heavy (non-hydrogen) atoms. The van der Waals surface area contributed by atoms with Crippen molar-refractivity contribution in [1.82, 2.24) is 14.9 Å². The van der Waals surface area contributed by atoms with E-state index in [2.05, 4.69) is 27.1 Å². The molecule has 1 saturated carbocycles. The van der Waals surface area contributed by atoms with Crippen molar-refractivity contribution in [2.24, 2.45) is 5.92 Å². The maximum absolute atomic E-state index is 12.3. The molecule has 0 aromatic carbocycles. The van der Waals surface area contributed by atoms with Crippen LogP contribution in [-0.4, -0.2) is 47.0 Å². The maximum atomic E-state index is 12.3. The standard InChI is InChI=1S/C17H22N4OS/c1-11-10-23-16-14(11)15(18-12(2)19-16)20-6-3-7-21(9-8-20)17(22)13-4-5-13/h10,13H,3-9H2,1-2H3. The Labute approximate surface area is 140 Å². The SMILES string of the molecule is Cc1nc(N2CCCN(C(=O)C3CC3)CC2)c2c(C)csc2n1. The highest BCUT2D eigenvalue weighted by Crippen LogP contribution is 2.33. The van der Waals surface area contributed by atoms with Crippen LogP contribution in [0.1, 0.15) is 30.7 Å². The largest absolute Gasteiger partial charge is 0.354 e. The lowest BCUT2D eigenvalue weighted by atomic mass is 10.2. The molecule has 1 saturated heterocycles. The second-order valence-electron chi connectivity index (χ2n) is 6.63. The Morgan fingerprint density at radius 2 is 2.00 bits per heavy atom. The maximum Gasteiger partial charge on any atom is 0.225 e. The topological polar surface area (TPSA) is 49.3 Å². The number of aromatic nitrogens is 2. The van der Waals surface area contributed by atoms with Gasteiger partial charge in [0, 0.05) is 32.1 Å². The number of carbonyl (C=O) groups is 1. The van der Waals surface area contributed by atoms with Crippen LogP contribution in [0.5, 0.6) is 0 Å². The highest BCUT2D eigenvalue weighted by molar-refractivity contribution is 7.17. The summed E-state index contributed by atoms with van der Waals surface area (Å²) in [6.45, 7) is 7.58. The lowest BCUT2D eigenvalue weighted by Crippen LogP contribution is -2.36. The zero-order valence-corrected chi connectivity index (χ0v) is 14.5. The summed E-state index contributed by atoms with van der Waals surface area (Å²) in [4.78, 5) is 27.1. The fraction of sp³-hybridized carbons (Fsp3) is 0.588. The average molecular weight is 330 g/mol. The van der Waals surface area contributed by atoms with Gasteiger partial charge in [-0.05, 0) is 44.1 Å². The van der Waals surface area contributed by atoms with Gasteiger partial charge in [0.1, 0.15) is 16.5 Å². The number of carbonyl (C=O) groups excluding carboxylic acids is 1. The highest BCUT2D eigenvalue weighted by Gasteiger charge is 2.34. The van der Waals surface area contributed by atoms with Crippen LogP contribution in [0.3, 0.4) is 0 Å². The van der Waals surface area contributed by atoms with E-state index in [1.165, 1.54) is 10.9 Å². The monoisotopic (exact) mass is 330 g/mol. The summed E-state index contributed by atoms with van der Waals surface area (Å²) in [5, 5.41) is 3.34. The Bertz CT molecular complexity index is 752. The molecular weight excluding hydrogens is 308 g/mol. The van der Waals surface area contributed by atoms with Gasteiger partial charge < -0.3 is 9.80 Å². The summed E-state index contributed by atoms with van der Waals surface area (Å²) in [6.07, 6.45) is 3.17. The number of anilines is 1. The Kier molecular flexibility index (Phi) is 3.71. The zero-order chi connectivity index (χ0) is 16.0. The van der Waals surface area contributed by atoms with Gasteiger partial charge in [-0.2, -0.15) is 0 Å². The van der Waals surface area contributed by atoms with Crippen LogP contribution in [0.2, 0.25) is 0 Å². The van der Waals surface area contributed by atoms with E-state index in [0.29, 0.717) is 11.8 Å². The number of hydrogen-bond acceptors (Lipinski definition) is 5. The van der Waals surface area contributed by atoms with E-state index in [4.69, 9.17) is 4.98 Å². The third kappa shape index (κ3) is 2.80. The van der Waals surface area contributed by atoms with Crippen LogP contribution in [0.25, 0.3) is 10.2 Å². The van der Waals surface area contributed by atoms with Gasteiger partial charge in [0.05, 0.1) is 5.39 Å². The van der Waals surface area contributed by atoms with Crippen LogP contribution in [-0.2, 0) is 4.79 Å². The first-order valence-corrected chi connectivity index (χ1v) is 9.27. The van der Waals surface area contributed by atoms with Gasteiger partial charge in [0.15, 0.2) is 0 Å². The minimum absolute atomic E-state index is 0.314. The molecule has 0 radical (unpaired) electrons. The van der Waals surface area contributed by atoms with Crippen LogP contribution in [0.4, 0.5) is 5.82 Å². The molecule has 0 atom stereocenters. The van der Waals surface area contributed by atoms with Gasteiger partial charge in [-0.25, -0.2) is 9.97 Å². The molecule has 1 aliphatic heterocycles. The molecule has 2 aromatic rings. The smallest absolute Gasteiger partial charge is 0.225 e. The second-order valence-corrected chi connectivity index (χ2v) is 7.49. The molecule has 3 heterocycles. The Morgan fingerprint density at radius 1 is 1.17 bits per heavy atom. The second kappa shape index (κ2) is 5.74. The van der Waals surface area contributed by atoms with E-state index in [0.717, 1.165) is 61.9 Å². The number of rotatable bonds is 2. The van der Waals surface area contributed by atoms with E-state index < -0.39 is 0 Å². The fourth-order valence-corrected chi connectivity index (χ4v) is 4.29. The van der Waals surface area contributed by atoms with Crippen LogP contribution in [0.15, 0.2) is 5.38 Å². The molecule has 4 rings (SSSR count). The molecule has 122 valence electrons. The molecule has 6 heteroatoms. The molecule has 2 aliphatic rings. The number of thiophene rings is 1. The lowest BCUT2D eigenvalue weighted by Gasteiger charge is -2.24. The van der Waals surface area contributed by atoms with Gasteiger partial charge >= 0.3 is 0 Å². The average Bonchev–Trinajstić information content (AvgIpc) is 3.34. The third-order valence-corrected chi connectivity index (χ3v) is 5.73. The summed E-state index contributed by atoms with van der Waals surface area (Å²) >= 11 is 1.69.